The number of nitro groups is 1. The lowest BCUT2D eigenvalue weighted by Gasteiger charge is -2.10. The molecular formula is C21H17ClN6O4S. The molecule has 33 heavy (non-hydrogen) atoms. The standard InChI is InChI=1S/C21H17ClN6O4S/c22-16-6-1-2-7-17(16)31-11-18-23-26-21(27(18)14-8-9-14)33-12-19-24-25-20(32-19)13-4-3-5-15(10-13)28(29)30/h1-7,10,14H,8-9,11-12H2. The Hall–Kier alpha value is -3.44. The second-order valence-corrected chi connectivity index (χ2v) is 8.67. The van der Waals surface area contributed by atoms with E-state index in [2.05, 4.69) is 25.0 Å². The van der Waals surface area contributed by atoms with Crippen molar-refractivity contribution >= 4 is 29.1 Å². The number of para-hydroxylation sites is 1. The summed E-state index contributed by atoms with van der Waals surface area (Å²) in [6.07, 6.45) is 2.12. The molecule has 10 nitrogen and oxygen atoms in total. The highest BCUT2D eigenvalue weighted by atomic mass is 35.5. The number of rotatable bonds is 9. The van der Waals surface area contributed by atoms with E-state index in [4.69, 9.17) is 20.8 Å². The van der Waals surface area contributed by atoms with E-state index in [-0.39, 0.29) is 18.2 Å². The van der Waals surface area contributed by atoms with Crippen molar-refractivity contribution in [3.63, 3.8) is 0 Å². The number of nitrogens with zero attached hydrogens (tertiary/aromatic N) is 6. The average molecular weight is 485 g/mol. The Morgan fingerprint density at radius 2 is 2.00 bits per heavy atom. The van der Waals surface area contributed by atoms with Crippen LogP contribution in [0.25, 0.3) is 11.5 Å². The zero-order valence-corrected chi connectivity index (χ0v) is 18.7. The van der Waals surface area contributed by atoms with E-state index >= 15 is 0 Å². The first-order valence-corrected chi connectivity index (χ1v) is 11.5. The molecule has 0 radical (unpaired) electrons. The average Bonchev–Trinajstić information content (AvgIpc) is 3.40. The highest BCUT2D eigenvalue weighted by Gasteiger charge is 2.30. The van der Waals surface area contributed by atoms with Gasteiger partial charge in [0.05, 0.1) is 15.7 Å². The first-order chi connectivity index (χ1) is 16.1. The fourth-order valence-corrected chi connectivity index (χ4v) is 4.27. The van der Waals surface area contributed by atoms with Crippen molar-refractivity contribution in [1.29, 1.82) is 0 Å². The molecule has 0 spiro atoms. The first-order valence-electron chi connectivity index (χ1n) is 10.1. The Morgan fingerprint density at radius 3 is 2.79 bits per heavy atom. The topological polar surface area (TPSA) is 122 Å². The van der Waals surface area contributed by atoms with Crippen LogP contribution >= 0.6 is 23.4 Å². The molecule has 168 valence electrons. The molecule has 0 bridgehead atoms. The van der Waals surface area contributed by atoms with Crippen molar-refractivity contribution in [2.24, 2.45) is 0 Å². The molecule has 0 aliphatic heterocycles. The van der Waals surface area contributed by atoms with Crippen molar-refractivity contribution in [1.82, 2.24) is 25.0 Å². The summed E-state index contributed by atoms with van der Waals surface area (Å²) in [5.41, 5.74) is 0.457. The van der Waals surface area contributed by atoms with Gasteiger partial charge in [-0.1, -0.05) is 41.6 Å². The Bertz CT molecular complexity index is 1310. The number of non-ortho nitro benzene ring substituents is 1. The maximum absolute atomic E-state index is 11.0. The number of hydrogen-bond acceptors (Lipinski definition) is 9. The quantitative estimate of drug-likeness (QED) is 0.181. The van der Waals surface area contributed by atoms with Crippen LogP contribution < -0.4 is 4.74 Å². The summed E-state index contributed by atoms with van der Waals surface area (Å²) < 4.78 is 13.6. The summed E-state index contributed by atoms with van der Waals surface area (Å²) in [5, 5.41) is 29.0. The van der Waals surface area contributed by atoms with Crippen molar-refractivity contribution in [3.8, 4) is 17.2 Å². The molecule has 2 heterocycles. The lowest BCUT2D eigenvalue weighted by molar-refractivity contribution is -0.384. The van der Waals surface area contributed by atoms with Gasteiger partial charge in [0.15, 0.2) is 11.0 Å². The molecule has 5 rings (SSSR count). The SMILES string of the molecule is O=[N+]([O-])c1cccc(-c2nnc(CSc3nnc(COc4ccccc4Cl)n3C3CC3)o2)c1. The molecule has 2 aromatic carbocycles. The van der Waals surface area contributed by atoms with Gasteiger partial charge >= 0.3 is 0 Å². The predicted molar refractivity (Wildman–Crippen MR) is 120 cm³/mol. The molecule has 1 aliphatic carbocycles. The smallest absolute Gasteiger partial charge is 0.270 e. The lowest BCUT2D eigenvalue weighted by atomic mass is 10.2. The molecule has 12 heteroatoms. The zero-order valence-electron chi connectivity index (χ0n) is 17.1. The summed E-state index contributed by atoms with van der Waals surface area (Å²) in [4.78, 5) is 10.5. The maximum atomic E-state index is 11.0. The Kier molecular flexibility index (Phi) is 5.97. The van der Waals surface area contributed by atoms with Crippen molar-refractivity contribution in [2.75, 3.05) is 0 Å². The summed E-state index contributed by atoms with van der Waals surface area (Å²) >= 11 is 7.60. The minimum atomic E-state index is -0.464. The highest BCUT2D eigenvalue weighted by molar-refractivity contribution is 7.98. The monoisotopic (exact) mass is 484 g/mol. The van der Waals surface area contributed by atoms with Gasteiger partial charge in [0.25, 0.3) is 5.69 Å². The molecule has 1 aliphatic rings. The fourth-order valence-electron chi connectivity index (χ4n) is 3.22. The van der Waals surface area contributed by atoms with Gasteiger partial charge in [-0.2, -0.15) is 0 Å². The molecule has 2 aromatic heterocycles. The molecule has 1 fully saturated rings. The van der Waals surface area contributed by atoms with Gasteiger partial charge in [-0.25, -0.2) is 0 Å². The number of thioether (sulfide) groups is 1. The van der Waals surface area contributed by atoms with E-state index in [1.807, 2.05) is 18.2 Å². The second kappa shape index (κ2) is 9.20. The minimum Gasteiger partial charge on any atom is -0.484 e. The molecular weight excluding hydrogens is 468 g/mol. The van der Waals surface area contributed by atoms with Crippen LogP contribution in [0.1, 0.15) is 30.6 Å². The van der Waals surface area contributed by atoms with E-state index in [9.17, 15) is 10.1 Å². The van der Waals surface area contributed by atoms with Crippen LogP contribution in [0.15, 0.2) is 58.1 Å². The van der Waals surface area contributed by atoms with Crippen LogP contribution in [0, 0.1) is 10.1 Å². The van der Waals surface area contributed by atoms with E-state index in [1.165, 1.54) is 23.9 Å². The molecule has 0 unspecified atom stereocenters. The van der Waals surface area contributed by atoms with Crippen molar-refractivity contribution < 1.29 is 14.1 Å². The molecule has 4 aromatic rings. The van der Waals surface area contributed by atoms with E-state index in [0.29, 0.717) is 34.0 Å². The van der Waals surface area contributed by atoms with Crippen LogP contribution in [-0.2, 0) is 12.4 Å². The van der Waals surface area contributed by atoms with Gasteiger partial charge in [0.2, 0.25) is 11.8 Å². The van der Waals surface area contributed by atoms with Crippen LogP contribution in [0.2, 0.25) is 5.02 Å². The second-order valence-electron chi connectivity index (χ2n) is 7.32. The number of aromatic nitrogens is 5. The first kappa shape index (κ1) is 21.4. The van der Waals surface area contributed by atoms with Crippen LogP contribution in [0.5, 0.6) is 5.75 Å². The molecule has 0 atom stereocenters. The summed E-state index contributed by atoms with van der Waals surface area (Å²) in [6, 6.07) is 13.7. The van der Waals surface area contributed by atoms with Crippen molar-refractivity contribution in [3.05, 3.63) is 75.4 Å². The third-order valence-electron chi connectivity index (χ3n) is 4.94. The van der Waals surface area contributed by atoms with Gasteiger partial charge in [-0.15, -0.1) is 20.4 Å². The third-order valence-corrected chi connectivity index (χ3v) is 6.18. The minimum absolute atomic E-state index is 0.0364. The number of nitro benzene ring substituents is 1. The van der Waals surface area contributed by atoms with Crippen LogP contribution in [-0.4, -0.2) is 29.9 Å². The third kappa shape index (κ3) is 4.83. The van der Waals surface area contributed by atoms with Crippen LogP contribution in [0.3, 0.4) is 0 Å². The van der Waals surface area contributed by atoms with Gasteiger partial charge in [-0.3, -0.25) is 14.7 Å². The largest absolute Gasteiger partial charge is 0.484 e. The van der Waals surface area contributed by atoms with Crippen LogP contribution in [0.4, 0.5) is 5.69 Å². The Morgan fingerprint density at radius 1 is 1.15 bits per heavy atom. The number of hydrogen-bond donors (Lipinski definition) is 0. The van der Waals surface area contributed by atoms with E-state index in [1.54, 1.807) is 18.2 Å². The zero-order chi connectivity index (χ0) is 22.8. The number of benzene rings is 2. The van der Waals surface area contributed by atoms with E-state index in [0.717, 1.165) is 23.8 Å². The molecule has 0 N–H and O–H groups in total. The van der Waals surface area contributed by atoms with E-state index < -0.39 is 4.92 Å². The predicted octanol–water partition coefficient (Wildman–Crippen LogP) is 5.10. The van der Waals surface area contributed by atoms with Gasteiger partial charge in [0.1, 0.15) is 12.4 Å². The maximum Gasteiger partial charge on any atom is 0.270 e. The Balaban J connectivity index is 1.27. The fraction of sp³-hybridized carbons (Fsp3) is 0.238. The van der Waals surface area contributed by atoms with Gasteiger partial charge < -0.3 is 9.15 Å². The number of halogens is 1. The molecule has 0 amide bonds. The highest BCUT2D eigenvalue weighted by Crippen LogP contribution is 2.39. The van der Waals surface area contributed by atoms with Gasteiger partial charge in [-0.05, 0) is 31.0 Å². The normalized spacial score (nSPS) is 13.2. The van der Waals surface area contributed by atoms with Crippen molar-refractivity contribution in [2.45, 2.75) is 36.4 Å². The lowest BCUT2D eigenvalue weighted by Crippen LogP contribution is -2.07. The number of ether oxygens (including phenoxy) is 1. The summed E-state index contributed by atoms with van der Waals surface area (Å²) in [5.74, 6) is 2.33. The van der Waals surface area contributed by atoms with Gasteiger partial charge in [0, 0.05) is 23.7 Å². The Labute approximate surface area is 197 Å². The summed E-state index contributed by atoms with van der Waals surface area (Å²) in [6.45, 7) is 0.255. The molecule has 0 saturated heterocycles. The molecule has 1 saturated carbocycles. The summed E-state index contributed by atoms with van der Waals surface area (Å²) in [7, 11) is 0.